The molecule has 0 aliphatic rings. The van der Waals surface area contributed by atoms with E-state index in [0.29, 0.717) is 11.1 Å². The van der Waals surface area contributed by atoms with Crippen LogP contribution in [0.1, 0.15) is 17.2 Å². The Morgan fingerprint density at radius 1 is 1.35 bits per heavy atom. The molecule has 1 heterocycles. The third-order valence-corrected chi connectivity index (χ3v) is 3.99. The molecule has 0 amide bonds. The lowest BCUT2D eigenvalue weighted by Crippen LogP contribution is -2.29. The van der Waals surface area contributed by atoms with Crippen molar-refractivity contribution < 1.29 is 22.3 Å². The van der Waals surface area contributed by atoms with E-state index in [1.54, 1.807) is 6.07 Å². The van der Waals surface area contributed by atoms with Gasteiger partial charge in [-0.1, -0.05) is 12.1 Å². The molecule has 0 bridgehead atoms. The number of halogens is 1. The minimum Gasteiger partial charge on any atom is -0.472 e. The van der Waals surface area contributed by atoms with Crippen molar-refractivity contribution in [3.8, 4) is 0 Å². The topological polar surface area (TPSA) is 79.5 Å². The zero-order valence-electron chi connectivity index (χ0n) is 10.5. The Balaban J connectivity index is 1.94. The van der Waals surface area contributed by atoms with E-state index in [4.69, 9.17) is 4.42 Å². The monoisotopic (exact) mass is 299 g/mol. The van der Waals surface area contributed by atoms with Crippen LogP contribution in [0.25, 0.3) is 0 Å². The van der Waals surface area contributed by atoms with E-state index in [1.807, 2.05) is 0 Å². The average molecular weight is 299 g/mol. The highest BCUT2D eigenvalue weighted by Crippen LogP contribution is 2.13. The molecule has 0 spiro atoms. The van der Waals surface area contributed by atoms with Crippen molar-refractivity contribution in [1.82, 2.24) is 4.72 Å². The van der Waals surface area contributed by atoms with Gasteiger partial charge in [0.15, 0.2) is 0 Å². The third-order valence-electron chi connectivity index (χ3n) is 2.67. The van der Waals surface area contributed by atoms with Crippen molar-refractivity contribution >= 4 is 10.0 Å². The van der Waals surface area contributed by atoms with Crippen molar-refractivity contribution in [2.45, 2.75) is 11.9 Å². The molecular formula is C13H14FNO4S. The smallest absolute Gasteiger partial charge is 0.215 e. The predicted octanol–water partition coefficient (Wildman–Crippen LogP) is 1.57. The quantitative estimate of drug-likeness (QED) is 0.848. The molecule has 0 aliphatic heterocycles. The molecule has 2 rings (SSSR count). The first kappa shape index (κ1) is 14.7. The molecule has 2 aromatic rings. The number of hydrogen-bond acceptors (Lipinski definition) is 4. The van der Waals surface area contributed by atoms with E-state index in [0.717, 1.165) is 6.07 Å². The molecule has 0 aliphatic carbocycles. The molecule has 0 saturated carbocycles. The summed E-state index contributed by atoms with van der Waals surface area (Å²) in [6.45, 7) is -0.169. The maximum atomic E-state index is 13.0. The zero-order chi connectivity index (χ0) is 14.6. The van der Waals surface area contributed by atoms with Gasteiger partial charge in [-0.25, -0.2) is 17.5 Å². The van der Waals surface area contributed by atoms with E-state index in [1.165, 1.54) is 30.7 Å². The maximum Gasteiger partial charge on any atom is 0.215 e. The van der Waals surface area contributed by atoms with Gasteiger partial charge in [0.2, 0.25) is 10.0 Å². The van der Waals surface area contributed by atoms with Crippen LogP contribution in [0.5, 0.6) is 0 Å². The molecule has 108 valence electrons. The summed E-state index contributed by atoms with van der Waals surface area (Å²) in [6, 6.07) is 6.92. The van der Waals surface area contributed by atoms with Crippen LogP contribution in [0, 0.1) is 5.82 Å². The summed E-state index contributed by atoms with van der Waals surface area (Å²) in [5, 5.41) is 9.74. The van der Waals surface area contributed by atoms with Crippen molar-refractivity contribution in [2.75, 3.05) is 6.54 Å². The van der Waals surface area contributed by atoms with Gasteiger partial charge in [0, 0.05) is 12.1 Å². The number of nitrogens with one attached hydrogen (secondary N) is 1. The minimum absolute atomic E-state index is 0.169. The second-order valence-corrected chi connectivity index (χ2v) is 6.12. The average Bonchev–Trinajstić information content (AvgIpc) is 2.89. The SMILES string of the molecule is O=S(=O)(Cc1cccc(F)c1)NCC(O)c1ccoc1. The normalized spacial score (nSPS) is 13.3. The summed E-state index contributed by atoms with van der Waals surface area (Å²) in [7, 11) is -3.64. The van der Waals surface area contributed by atoms with Crippen LogP contribution in [0.15, 0.2) is 47.3 Å². The van der Waals surface area contributed by atoms with Crippen LogP contribution in [0.4, 0.5) is 4.39 Å². The van der Waals surface area contributed by atoms with E-state index in [-0.39, 0.29) is 12.3 Å². The number of rotatable bonds is 6. The minimum atomic E-state index is -3.64. The first-order valence-electron chi connectivity index (χ1n) is 5.88. The standard InChI is InChI=1S/C13H14FNO4S/c14-12-3-1-2-10(6-12)9-20(17,18)15-7-13(16)11-4-5-19-8-11/h1-6,8,13,15-16H,7,9H2. The summed E-state index contributed by atoms with van der Waals surface area (Å²) in [5.74, 6) is -0.834. The fourth-order valence-electron chi connectivity index (χ4n) is 1.69. The highest BCUT2D eigenvalue weighted by molar-refractivity contribution is 7.88. The molecule has 1 aromatic heterocycles. The molecule has 1 atom stereocenters. The van der Waals surface area contributed by atoms with E-state index < -0.39 is 21.9 Å². The van der Waals surface area contributed by atoms with Gasteiger partial charge in [-0.3, -0.25) is 0 Å². The van der Waals surface area contributed by atoms with Crippen LogP contribution in [0.3, 0.4) is 0 Å². The lowest BCUT2D eigenvalue weighted by atomic mass is 10.2. The van der Waals surface area contributed by atoms with Gasteiger partial charge in [-0.15, -0.1) is 0 Å². The molecule has 7 heteroatoms. The molecule has 2 N–H and O–H groups in total. The lowest BCUT2D eigenvalue weighted by Gasteiger charge is -2.10. The van der Waals surface area contributed by atoms with Crippen LogP contribution in [-0.4, -0.2) is 20.1 Å². The van der Waals surface area contributed by atoms with Gasteiger partial charge in [-0.2, -0.15) is 0 Å². The Kier molecular flexibility index (Phi) is 4.53. The van der Waals surface area contributed by atoms with Crippen LogP contribution >= 0.6 is 0 Å². The lowest BCUT2D eigenvalue weighted by molar-refractivity contribution is 0.181. The highest BCUT2D eigenvalue weighted by atomic mass is 32.2. The van der Waals surface area contributed by atoms with Gasteiger partial charge in [0.05, 0.1) is 24.4 Å². The number of benzene rings is 1. The van der Waals surface area contributed by atoms with Crippen LogP contribution in [0.2, 0.25) is 0 Å². The number of furan rings is 1. The first-order valence-corrected chi connectivity index (χ1v) is 7.53. The predicted molar refractivity (Wildman–Crippen MR) is 70.7 cm³/mol. The molecular weight excluding hydrogens is 285 g/mol. The third kappa shape index (κ3) is 4.16. The number of hydrogen-bond donors (Lipinski definition) is 2. The van der Waals surface area contributed by atoms with Crippen molar-refractivity contribution in [2.24, 2.45) is 0 Å². The fraction of sp³-hybridized carbons (Fsp3) is 0.231. The first-order chi connectivity index (χ1) is 9.46. The molecule has 0 radical (unpaired) electrons. The van der Waals surface area contributed by atoms with Gasteiger partial charge in [0.1, 0.15) is 5.82 Å². The largest absolute Gasteiger partial charge is 0.472 e. The molecule has 0 saturated heterocycles. The second kappa shape index (κ2) is 6.17. The Morgan fingerprint density at radius 2 is 2.15 bits per heavy atom. The Hall–Kier alpha value is -1.70. The van der Waals surface area contributed by atoms with E-state index >= 15 is 0 Å². The van der Waals surface area contributed by atoms with E-state index in [9.17, 15) is 17.9 Å². The second-order valence-electron chi connectivity index (χ2n) is 4.31. The van der Waals surface area contributed by atoms with Gasteiger partial charge < -0.3 is 9.52 Å². The maximum absolute atomic E-state index is 13.0. The zero-order valence-corrected chi connectivity index (χ0v) is 11.3. The van der Waals surface area contributed by atoms with Gasteiger partial charge in [-0.05, 0) is 23.8 Å². The van der Waals surface area contributed by atoms with Crippen LogP contribution < -0.4 is 4.72 Å². The summed E-state index contributed by atoms with van der Waals surface area (Å²) in [6.07, 6.45) is 1.74. The Bertz CT molecular complexity index is 655. The summed E-state index contributed by atoms with van der Waals surface area (Å²) in [5.41, 5.74) is 0.828. The number of aliphatic hydroxyl groups excluding tert-OH is 1. The molecule has 1 aromatic carbocycles. The van der Waals surface area contributed by atoms with Gasteiger partial charge >= 0.3 is 0 Å². The number of aliphatic hydroxyl groups is 1. The van der Waals surface area contributed by atoms with E-state index in [2.05, 4.69) is 4.72 Å². The molecule has 1 unspecified atom stereocenters. The summed E-state index contributed by atoms with van der Waals surface area (Å²) < 4.78 is 43.7. The molecule has 5 nitrogen and oxygen atoms in total. The van der Waals surface area contributed by atoms with Crippen molar-refractivity contribution in [3.63, 3.8) is 0 Å². The summed E-state index contributed by atoms with van der Waals surface area (Å²) in [4.78, 5) is 0. The van der Waals surface area contributed by atoms with Crippen molar-refractivity contribution in [3.05, 3.63) is 59.8 Å². The highest BCUT2D eigenvalue weighted by Gasteiger charge is 2.15. The molecule has 20 heavy (non-hydrogen) atoms. The summed E-state index contributed by atoms with van der Waals surface area (Å²) >= 11 is 0. The Morgan fingerprint density at radius 3 is 2.80 bits per heavy atom. The molecule has 0 fully saturated rings. The van der Waals surface area contributed by atoms with Crippen LogP contribution in [-0.2, 0) is 15.8 Å². The fourth-order valence-corrected chi connectivity index (χ4v) is 2.82. The Labute approximate surface area is 116 Å². The number of sulfonamides is 1. The van der Waals surface area contributed by atoms with Crippen molar-refractivity contribution in [1.29, 1.82) is 0 Å². The van der Waals surface area contributed by atoms with Gasteiger partial charge in [0.25, 0.3) is 0 Å².